The summed E-state index contributed by atoms with van der Waals surface area (Å²) in [6, 6.07) is 11.4. The van der Waals surface area contributed by atoms with Gasteiger partial charge < -0.3 is 5.11 Å². The lowest BCUT2D eigenvalue weighted by Gasteiger charge is -2.04. The molecule has 0 aliphatic heterocycles. The van der Waals surface area contributed by atoms with Crippen molar-refractivity contribution in [2.75, 3.05) is 0 Å². The molecule has 0 heterocycles. The molecule has 0 spiro atoms. The van der Waals surface area contributed by atoms with E-state index in [1.807, 2.05) is 6.07 Å². The van der Waals surface area contributed by atoms with Gasteiger partial charge in [0, 0.05) is 15.1 Å². The van der Waals surface area contributed by atoms with E-state index < -0.39 is 0 Å². The maximum Gasteiger partial charge on any atom is 0.196 e. The predicted octanol–water partition coefficient (Wildman–Crippen LogP) is 4.04. The van der Waals surface area contributed by atoms with Crippen LogP contribution in [0.1, 0.15) is 15.9 Å². The second-order valence-electron chi connectivity index (χ2n) is 3.50. The lowest BCUT2D eigenvalue weighted by atomic mass is 10.0. The van der Waals surface area contributed by atoms with Gasteiger partial charge in [0.15, 0.2) is 5.78 Å². The minimum Gasteiger partial charge on any atom is -0.507 e. The first kappa shape index (κ1) is 12.1. The van der Waals surface area contributed by atoms with Crippen molar-refractivity contribution in [3.63, 3.8) is 0 Å². The van der Waals surface area contributed by atoms with Gasteiger partial charge in [-0.15, -0.1) is 0 Å². The molecule has 2 aromatic rings. The highest BCUT2D eigenvalue weighted by Gasteiger charge is 2.14. The second kappa shape index (κ2) is 4.90. The first-order valence-electron chi connectivity index (χ1n) is 4.87. The Bertz CT molecular complexity index is 581. The minimum atomic E-state index is -0.258. The van der Waals surface area contributed by atoms with Crippen LogP contribution in [0.2, 0.25) is 5.02 Å². The van der Waals surface area contributed by atoms with E-state index >= 15 is 0 Å². The molecule has 2 rings (SSSR count). The highest BCUT2D eigenvalue weighted by molar-refractivity contribution is 9.10. The molecule has 86 valence electrons. The van der Waals surface area contributed by atoms with E-state index in [1.54, 1.807) is 18.2 Å². The predicted molar refractivity (Wildman–Crippen MR) is 70.7 cm³/mol. The average Bonchev–Trinajstić information content (AvgIpc) is 2.31. The van der Waals surface area contributed by atoms with E-state index in [9.17, 15) is 9.90 Å². The van der Waals surface area contributed by atoms with E-state index in [1.165, 1.54) is 18.2 Å². The number of rotatable bonds is 2. The third kappa shape index (κ3) is 2.68. The van der Waals surface area contributed by atoms with Crippen LogP contribution in [-0.4, -0.2) is 10.9 Å². The summed E-state index contributed by atoms with van der Waals surface area (Å²) in [7, 11) is 0. The normalized spacial score (nSPS) is 10.2. The second-order valence-corrected chi connectivity index (χ2v) is 4.85. The molecule has 2 nitrogen and oxygen atoms in total. The molecule has 0 radical (unpaired) electrons. The zero-order valence-corrected chi connectivity index (χ0v) is 11.0. The Kier molecular flexibility index (Phi) is 3.50. The van der Waals surface area contributed by atoms with Crippen molar-refractivity contribution in [2.45, 2.75) is 0 Å². The number of phenolic OH excluding ortho intramolecular Hbond substituents is 1. The molecule has 0 aliphatic rings. The SMILES string of the molecule is O=C(c1cccc(Br)c1)c1cc(Cl)ccc1O. The quantitative estimate of drug-likeness (QED) is 0.850. The molecule has 0 bridgehead atoms. The van der Waals surface area contributed by atoms with Gasteiger partial charge in [-0.3, -0.25) is 4.79 Å². The summed E-state index contributed by atoms with van der Waals surface area (Å²) in [5.74, 6) is -0.328. The molecular weight excluding hydrogens is 303 g/mol. The molecule has 1 N–H and O–H groups in total. The molecule has 17 heavy (non-hydrogen) atoms. The monoisotopic (exact) mass is 310 g/mol. The van der Waals surface area contributed by atoms with Crippen molar-refractivity contribution in [2.24, 2.45) is 0 Å². The average molecular weight is 312 g/mol. The van der Waals surface area contributed by atoms with Crippen LogP contribution in [0.5, 0.6) is 5.75 Å². The molecule has 0 aromatic heterocycles. The topological polar surface area (TPSA) is 37.3 Å². The molecular formula is C13H8BrClO2. The van der Waals surface area contributed by atoms with Gasteiger partial charge in [-0.1, -0.05) is 39.7 Å². The number of carbonyl (C=O) groups is 1. The number of hydrogen-bond acceptors (Lipinski definition) is 2. The Morgan fingerprint density at radius 2 is 1.94 bits per heavy atom. The van der Waals surface area contributed by atoms with Gasteiger partial charge in [0.2, 0.25) is 0 Å². The summed E-state index contributed by atoms with van der Waals surface area (Å²) in [4.78, 5) is 12.1. The van der Waals surface area contributed by atoms with Gasteiger partial charge in [-0.25, -0.2) is 0 Å². The number of benzene rings is 2. The van der Waals surface area contributed by atoms with Crippen molar-refractivity contribution < 1.29 is 9.90 Å². The molecule has 0 amide bonds. The fourth-order valence-corrected chi connectivity index (χ4v) is 2.05. The van der Waals surface area contributed by atoms with Crippen LogP contribution in [0.4, 0.5) is 0 Å². The molecule has 0 unspecified atom stereocenters. The maximum atomic E-state index is 12.1. The van der Waals surface area contributed by atoms with E-state index in [-0.39, 0.29) is 17.1 Å². The molecule has 0 fully saturated rings. The summed E-state index contributed by atoms with van der Waals surface area (Å²) >= 11 is 9.10. The Labute approximate surface area is 112 Å². The molecule has 0 atom stereocenters. The van der Waals surface area contributed by atoms with Crippen molar-refractivity contribution in [3.05, 3.63) is 63.1 Å². The number of hydrogen-bond donors (Lipinski definition) is 1. The fraction of sp³-hybridized carbons (Fsp3) is 0. The molecule has 0 aliphatic carbocycles. The Morgan fingerprint density at radius 1 is 1.18 bits per heavy atom. The summed E-state index contributed by atoms with van der Waals surface area (Å²) in [6.07, 6.45) is 0. The van der Waals surface area contributed by atoms with E-state index in [0.717, 1.165) is 4.47 Å². The van der Waals surface area contributed by atoms with Crippen LogP contribution < -0.4 is 0 Å². The molecule has 2 aromatic carbocycles. The largest absolute Gasteiger partial charge is 0.507 e. The Hall–Kier alpha value is -1.32. The van der Waals surface area contributed by atoms with Gasteiger partial charge in [0.25, 0.3) is 0 Å². The summed E-state index contributed by atoms with van der Waals surface area (Å²) in [5.41, 5.74) is 0.701. The van der Waals surface area contributed by atoms with Gasteiger partial charge in [0.1, 0.15) is 5.75 Å². The minimum absolute atomic E-state index is 0.0700. The summed E-state index contributed by atoms with van der Waals surface area (Å²) in [5, 5.41) is 10.1. The van der Waals surface area contributed by atoms with Crippen molar-refractivity contribution in [3.8, 4) is 5.75 Å². The Morgan fingerprint density at radius 3 is 2.65 bits per heavy atom. The first-order chi connectivity index (χ1) is 8.08. The number of ketones is 1. The number of phenols is 1. The number of halogens is 2. The first-order valence-corrected chi connectivity index (χ1v) is 6.04. The van der Waals surface area contributed by atoms with Crippen molar-refractivity contribution in [1.82, 2.24) is 0 Å². The lowest BCUT2D eigenvalue weighted by molar-refractivity contribution is 0.103. The zero-order chi connectivity index (χ0) is 12.4. The summed E-state index contributed by atoms with van der Waals surface area (Å²) in [6.45, 7) is 0. The van der Waals surface area contributed by atoms with E-state index in [2.05, 4.69) is 15.9 Å². The maximum absolute atomic E-state index is 12.1. The van der Waals surface area contributed by atoms with Gasteiger partial charge in [-0.05, 0) is 30.3 Å². The zero-order valence-electron chi connectivity index (χ0n) is 8.65. The van der Waals surface area contributed by atoms with Crippen LogP contribution in [0.25, 0.3) is 0 Å². The van der Waals surface area contributed by atoms with Crippen LogP contribution >= 0.6 is 27.5 Å². The van der Waals surface area contributed by atoms with E-state index in [4.69, 9.17) is 11.6 Å². The van der Waals surface area contributed by atoms with Crippen molar-refractivity contribution >= 4 is 33.3 Å². The van der Waals surface area contributed by atoms with Crippen LogP contribution in [0.3, 0.4) is 0 Å². The van der Waals surface area contributed by atoms with Gasteiger partial charge >= 0.3 is 0 Å². The highest BCUT2D eigenvalue weighted by Crippen LogP contribution is 2.25. The third-order valence-electron chi connectivity index (χ3n) is 2.29. The summed E-state index contributed by atoms with van der Waals surface area (Å²) < 4.78 is 0.810. The Balaban J connectivity index is 2.47. The van der Waals surface area contributed by atoms with Crippen LogP contribution in [-0.2, 0) is 0 Å². The van der Waals surface area contributed by atoms with E-state index in [0.29, 0.717) is 10.6 Å². The highest BCUT2D eigenvalue weighted by atomic mass is 79.9. The third-order valence-corrected chi connectivity index (χ3v) is 3.02. The molecule has 0 saturated carbocycles. The lowest BCUT2D eigenvalue weighted by Crippen LogP contribution is -2.01. The smallest absolute Gasteiger partial charge is 0.196 e. The van der Waals surface area contributed by atoms with Crippen LogP contribution in [0, 0.1) is 0 Å². The van der Waals surface area contributed by atoms with Crippen LogP contribution in [0.15, 0.2) is 46.9 Å². The van der Waals surface area contributed by atoms with Gasteiger partial charge in [-0.2, -0.15) is 0 Å². The molecule has 0 saturated heterocycles. The van der Waals surface area contributed by atoms with Gasteiger partial charge in [0.05, 0.1) is 5.56 Å². The fourth-order valence-electron chi connectivity index (χ4n) is 1.48. The van der Waals surface area contributed by atoms with Crippen molar-refractivity contribution in [1.29, 1.82) is 0 Å². The number of carbonyl (C=O) groups excluding carboxylic acids is 1. The molecule has 4 heteroatoms. The number of aromatic hydroxyl groups is 1. The standard InChI is InChI=1S/C13H8BrClO2/c14-9-3-1-2-8(6-9)13(17)11-7-10(15)4-5-12(11)16/h1-7,16H.